The maximum Gasteiger partial charge on any atom is 0.415 e. The summed E-state index contributed by atoms with van der Waals surface area (Å²) in [7, 11) is -4.47. The van der Waals surface area contributed by atoms with Gasteiger partial charge in [0, 0.05) is 0 Å². The van der Waals surface area contributed by atoms with Crippen LogP contribution < -0.4 is 10.2 Å². The molecule has 9 heteroatoms. The van der Waals surface area contributed by atoms with Gasteiger partial charge >= 0.3 is 19.7 Å². The molecule has 0 aliphatic rings. The highest BCUT2D eigenvalue weighted by Gasteiger charge is 2.30. The topological polar surface area (TPSA) is 125 Å². The molecule has 0 radical (unpaired) electrons. The summed E-state index contributed by atoms with van der Waals surface area (Å²) in [5, 5.41) is 13.1. The first-order valence-electron chi connectivity index (χ1n) is 7.72. The van der Waals surface area contributed by atoms with E-state index in [4.69, 9.17) is 4.74 Å². The molecule has 2 rings (SSSR count). The first kappa shape index (κ1) is 19.7. The van der Waals surface area contributed by atoms with E-state index in [1.54, 1.807) is 65.8 Å². The minimum atomic E-state index is -4.47. The van der Waals surface area contributed by atoms with E-state index in [9.17, 15) is 24.2 Å². The van der Waals surface area contributed by atoms with Crippen molar-refractivity contribution in [3.63, 3.8) is 0 Å². The second-order valence-corrected chi connectivity index (χ2v) is 7.09. The molecule has 0 aliphatic carbocycles. The second-order valence-electron chi connectivity index (χ2n) is 5.46. The van der Waals surface area contributed by atoms with Gasteiger partial charge in [-0.1, -0.05) is 60.7 Å². The first-order chi connectivity index (χ1) is 12.4. The van der Waals surface area contributed by atoms with Crippen molar-refractivity contribution in [1.82, 2.24) is 10.2 Å². The van der Waals surface area contributed by atoms with Crippen LogP contribution in [-0.2, 0) is 27.1 Å². The largest absolute Gasteiger partial charge is 0.480 e. The third-order valence-corrected chi connectivity index (χ3v) is 4.51. The summed E-state index contributed by atoms with van der Waals surface area (Å²) in [5.74, 6) is -1.32. The van der Waals surface area contributed by atoms with Gasteiger partial charge in [0.05, 0.1) is 0 Å². The second kappa shape index (κ2) is 9.15. The van der Waals surface area contributed by atoms with Gasteiger partial charge in [-0.15, -0.1) is 0 Å². The highest BCUT2D eigenvalue weighted by molar-refractivity contribution is 7.54. The van der Waals surface area contributed by atoms with Gasteiger partial charge in [-0.3, -0.25) is 4.79 Å². The minimum Gasteiger partial charge on any atom is -0.480 e. The monoisotopic (exact) mass is 378 g/mol. The number of carboxylic acid groups (broad SMARTS) is 1. The standard InChI is InChI=1S/C17H19N2O6P/c20-16(21)15(11-13-7-3-1-4-8-13)18-26(23,24)19-17(22)25-12-14-9-5-2-6-10-14/h1-10,15H,11-12H2,(H,20,21)(H3,18,19,22,23,24). The van der Waals surface area contributed by atoms with Crippen LogP contribution in [-0.4, -0.2) is 28.1 Å². The van der Waals surface area contributed by atoms with Crippen molar-refractivity contribution in [2.45, 2.75) is 19.1 Å². The Balaban J connectivity index is 1.91. The number of hydrogen-bond donors (Lipinski definition) is 4. The maximum absolute atomic E-state index is 12.1. The summed E-state index contributed by atoms with van der Waals surface area (Å²) in [4.78, 5) is 32.9. The third kappa shape index (κ3) is 6.68. The number of carboxylic acids is 1. The molecule has 2 aromatic carbocycles. The van der Waals surface area contributed by atoms with Gasteiger partial charge in [0.2, 0.25) is 0 Å². The van der Waals surface area contributed by atoms with Crippen LogP contribution in [0.15, 0.2) is 60.7 Å². The lowest BCUT2D eigenvalue weighted by molar-refractivity contribution is -0.139. The van der Waals surface area contributed by atoms with E-state index in [0.29, 0.717) is 11.1 Å². The Hall–Kier alpha value is -2.67. The zero-order valence-corrected chi connectivity index (χ0v) is 14.6. The Morgan fingerprint density at radius 2 is 1.54 bits per heavy atom. The number of aliphatic carboxylic acids is 1. The highest BCUT2D eigenvalue weighted by Crippen LogP contribution is 2.31. The van der Waals surface area contributed by atoms with Crippen LogP contribution in [0.4, 0.5) is 4.79 Å². The highest BCUT2D eigenvalue weighted by atomic mass is 31.2. The predicted molar refractivity (Wildman–Crippen MR) is 94.3 cm³/mol. The molecule has 26 heavy (non-hydrogen) atoms. The van der Waals surface area contributed by atoms with Crippen molar-refractivity contribution >= 4 is 19.7 Å². The number of hydrogen-bond acceptors (Lipinski definition) is 4. The number of benzene rings is 2. The summed E-state index contributed by atoms with van der Waals surface area (Å²) in [6.45, 7) is -0.0843. The van der Waals surface area contributed by atoms with Crippen molar-refractivity contribution in [3.8, 4) is 0 Å². The van der Waals surface area contributed by atoms with Gasteiger partial charge in [0.25, 0.3) is 0 Å². The van der Waals surface area contributed by atoms with E-state index in [2.05, 4.69) is 5.09 Å². The molecule has 4 N–H and O–H groups in total. The molecule has 0 aromatic heterocycles. The van der Waals surface area contributed by atoms with E-state index in [0.717, 1.165) is 0 Å². The Bertz CT molecular complexity index is 784. The molecule has 1 amide bonds. The lowest BCUT2D eigenvalue weighted by atomic mass is 10.1. The summed E-state index contributed by atoms with van der Waals surface area (Å²) in [6, 6.07) is 16.0. The normalized spacial score (nSPS) is 14.0. The van der Waals surface area contributed by atoms with Gasteiger partial charge in [-0.25, -0.2) is 19.5 Å². The predicted octanol–water partition coefficient (Wildman–Crippen LogP) is 2.30. The number of carbonyl (C=O) groups excluding carboxylic acids is 1. The SMILES string of the molecule is O=C(NP(=O)(O)NC(Cc1ccccc1)C(=O)O)OCc1ccccc1. The van der Waals surface area contributed by atoms with E-state index in [-0.39, 0.29) is 13.0 Å². The van der Waals surface area contributed by atoms with E-state index < -0.39 is 25.8 Å². The molecular formula is C17H19N2O6P. The molecule has 0 aliphatic heterocycles. The van der Waals surface area contributed by atoms with E-state index >= 15 is 0 Å². The number of amides is 1. The molecule has 2 atom stereocenters. The summed E-state index contributed by atoms with van der Waals surface area (Å²) in [5.41, 5.74) is 1.37. The fourth-order valence-electron chi connectivity index (χ4n) is 2.16. The molecule has 0 heterocycles. The minimum absolute atomic E-state index is 0.0263. The maximum atomic E-state index is 12.1. The van der Waals surface area contributed by atoms with Crippen LogP contribution in [0.5, 0.6) is 0 Å². The lowest BCUT2D eigenvalue weighted by Gasteiger charge is -2.19. The number of nitrogens with one attached hydrogen (secondary N) is 2. The molecule has 0 saturated heterocycles. The zero-order valence-electron chi connectivity index (χ0n) is 13.7. The van der Waals surface area contributed by atoms with Gasteiger partial charge in [0.1, 0.15) is 12.6 Å². The van der Waals surface area contributed by atoms with Crippen molar-refractivity contribution in [1.29, 1.82) is 0 Å². The third-order valence-electron chi connectivity index (χ3n) is 3.37. The van der Waals surface area contributed by atoms with E-state index in [1.165, 1.54) is 0 Å². The molecule has 0 spiro atoms. The number of ether oxygens (including phenoxy) is 1. The van der Waals surface area contributed by atoms with Crippen LogP contribution in [0.2, 0.25) is 0 Å². The molecule has 0 saturated carbocycles. The smallest absolute Gasteiger partial charge is 0.415 e. The average Bonchev–Trinajstić information content (AvgIpc) is 2.60. The molecule has 8 nitrogen and oxygen atoms in total. The Kier molecular flexibility index (Phi) is 6.91. The molecule has 2 unspecified atom stereocenters. The quantitative estimate of drug-likeness (QED) is 0.520. The Morgan fingerprint density at radius 1 is 1.00 bits per heavy atom. The number of carbonyl (C=O) groups is 2. The Morgan fingerprint density at radius 3 is 2.08 bits per heavy atom. The van der Waals surface area contributed by atoms with Gasteiger partial charge in [-0.2, -0.15) is 0 Å². The average molecular weight is 378 g/mol. The van der Waals surface area contributed by atoms with Crippen LogP contribution in [0.25, 0.3) is 0 Å². The van der Waals surface area contributed by atoms with Crippen molar-refractivity contribution in [2.75, 3.05) is 0 Å². The fraction of sp³-hybridized carbons (Fsp3) is 0.176. The molecular weight excluding hydrogens is 359 g/mol. The Labute approximate surface area is 150 Å². The summed E-state index contributed by atoms with van der Waals surface area (Å²) in [6.07, 6.45) is -1.15. The molecule has 2 aromatic rings. The van der Waals surface area contributed by atoms with Gasteiger partial charge < -0.3 is 14.7 Å². The van der Waals surface area contributed by atoms with Crippen molar-refractivity contribution in [3.05, 3.63) is 71.8 Å². The van der Waals surface area contributed by atoms with Gasteiger partial charge in [0.15, 0.2) is 0 Å². The molecule has 0 fully saturated rings. The number of rotatable bonds is 8. The van der Waals surface area contributed by atoms with Crippen LogP contribution in [0.1, 0.15) is 11.1 Å². The van der Waals surface area contributed by atoms with Crippen LogP contribution in [0, 0.1) is 0 Å². The fourth-order valence-corrected chi connectivity index (χ4v) is 3.16. The van der Waals surface area contributed by atoms with Crippen molar-refractivity contribution < 1.29 is 28.9 Å². The first-order valence-corrected chi connectivity index (χ1v) is 9.38. The van der Waals surface area contributed by atoms with Crippen molar-refractivity contribution in [2.24, 2.45) is 0 Å². The summed E-state index contributed by atoms with van der Waals surface area (Å²) < 4.78 is 17.0. The molecule has 138 valence electrons. The molecule has 0 bridgehead atoms. The van der Waals surface area contributed by atoms with Crippen LogP contribution in [0.3, 0.4) is 0 Å². The zero-order chi connectivity index (χ0) is 19.0. The van der Waals surface area contributed by atoms with Gasteiger partial charge in [-0.05, 0) is 17.5 Å². The van der Waals surface area contributed by atoms with E-state index in [1.807, 2.05) is 0 Å². The lowest BCUT2D eigenvalue weighted by Crippen LogP contribution is -2.40. The summed E-state index contributed by atoms with van der Waals surface area (Å²) >= 11 is 0. The van der Waals surface area contributed by atoms with Crippen LogP contribution >= 0.6 is 7.67 Å².